The monoisotopic (exact) mass is 1330 g/mol. The van der Waals surface area contributed by atoms with Crippen LogP contribution in [0.1, 0.15) is 134 Å². The van der Waals surface area contributed by atoms with E-state index in [0.717, 1.165) is 25.2 Å². The number of carboxylic acids is 1. The average molecular weight is 1330 g/mol. The lowest BCUT2D eigenvalue weighted by atomic mass is 9.71. The number of nitrogens with one attached hydrogen (secondary N) is 1. The second-order valence-corrected chi connectivity index (χ2v) is 21.9. The van der Waals surface area contributed by atoms with Gasteiger partial charge in [0.1, 0.15) is 16.9 Å². The first-order valence-electron chi connectivity index (χ1n) is 26.7. The number of aromatic hydroxyl groups is 2. The highest BCUT2D eigenvalue weighted by Gasteiger charge is 2.74. The molecule has 17 nitrogen and oxygen atoms in total. The summed E-state index contributed by atoms with van der Waals surface area (Å²) in [6.07, 6.45) is -31.5. The van der Waals surface area contributed by atoms with E-state index in [1.165, 1.54) is 7.05 Å². The molecule has 0 aliphatic carbocycles. The molecule has 4 aliphatic heterocycles. The third-order valence-electron chi connectivity index (χ3n) is 17.0. The third-order valence-corrected chi connectivity index (χ3v) is 17.0. The van der Waals surface area contributed by atoms with Gasteiger partial charge in [-0.15, -0.1) is 0 Å². The first-order chi connectivity index (χ1) is 43.5. The molecule has 0 saturated carbocycles. The van der Waals surface area contributed by atoms with Crippen LogP contribution in [-0.4, -0.2) is 118 Å². The van der Waals surface area contributed by atoms with Gasteiger partial charge >= 0.3 is 36.9 Å². The van der Waals surface area contributed by atoms with E-state index in [0.29, 0.717) is 72.5 Å². The average Bonchev–Trinajstić information content (AvgIpc) is 1.14. The predicted molar refractivity (Wildman–Crippen MR) is 293 cm³/mol. The van der Waals surface area contributed by atoms with Gasteiger partial charge < -0.3 is 20.6 Å². The highest BCUT2D eigenvalue weighted by molar-refractivity contribution is 6.37. The number of amides is 8. The van der Waals surface area contributed by atoms with Crippen molar-refractivity contribution in [3.8, 4) is 11.5 Å². The van der Waals surface area contributed by atoms with Crippen LogP contribution >= 0.6 is 0 Å². The number of benzene rings is 7. The number of phenolic OH excluding ortho intramolecular Hbond substituents is 2. The zero-order valence-electron chi connectivity index (χ0n) is 47.1. The van der Waals surface area contributed by atoms with E-state index >= 15 is 65.9 Å². The molecule has 4 heterocycles. The zero-order chi connectivity index (χ0) is 69.2. The molecular weight excluding hydrogens is 1290 g/mol. The lowest BCUT2D eigenvalue weighted by molar-refractivity contribution is -0.290. The number of rotatable bonds is 11. The van der Waals surface area contributed by atoms with E-state index in [2.05, 4.69) is 5.32 Å². The van der Waals surface area contributed by atoms with Crippen molar-refractivity contribution in [3.63, 3.8) is 0 Å². The van der Waals surface area contributed by atoms with E-state index < -0.39 is 212 Å². The van der Waals surface area contributed by atoms with Crippen LogP contribution in [0.15, 0.2) is 127 Å². The number of carboxylic acid groups (broad SMARTS) is 1. The number of aromatic carboxylic acids is 1. The Balaban J connectivity index is 0.955. The maximum absolute atomic E-state index is 15.9. The van der Waals surface area contributed by atoms with Crippen molar-refractivity contribution in [1.82, 2.24) is 4.90 Å². The fraction of sp³-hybridized carbons (Fsp3) is 0.177. The Morgan fingerprint density at radius 2 is 0.670 bits per heavy atom. The largest absolute Gasteiger partial charge is 0.506 e. The number of anilines is 4. The summed E-state index contributed by atoms with van der Waals surface area (Å²) in [6.45, 7) is 0.376. The minimum Gasteiger partial charge on any atom is -0.506 e. The second-order valence-electron chi connectivity index (χ2n) is 21.9. The molecule has 0 spiro atoms. The maximum Gasteiger partial charge on any atom is 0.411 e. The van der Waals surface area contributed by atoms with Crippen molar-refractivity contribution in [2.45, 2.75) is 54.1 Å². The van der Waals surface area contributed by atoms with Crippen LogP contribution in [0, 0.1) is 0 Å². The van der Waals surface area contributed by atoms with Crippen molar-refractivity contribution >= 4 is 76.0 Å². The van der Waals surface area contributed by atoms with Gasteiger partial charge in [-0.3, -0.25) is 43.3 Å². The van der Waals surface area contributed by atoms with Gasteiger partial charge in [0.2, 0.25) is 10.8 Å². The highest BCUT2D eigenvalue weighted by atomic mass is 19.4. The molecular formula is C62H34F15N5O12. The first-order valence-corrected chi connectivity index (χ1v) is 26.7. The van der Waals surface area contributed by atoms with Gasteiger partial charge in [-0.1, -0.05) is 36.4 Å². The Kier molecular flexibility index (Phi) is 14.2. The van der Waals surface area contributed by atoms with Crippen molar-refractivity contribution < 1.29 is 124 Å². The topological polar surface area (TPSA) is 239 Å². The number of imide groups is 4. The van der Waals surface area contributed by atoms with Crippen LogP contribution < -0.4 is 20.0 Å². The molecule has 4 aliphatic rings. The summed E-state index contributed by atoms with van der Waals surface area (Å²) >= 11 is 0. The molecule has 0 radical (unpaired) electrons. The number of carbonyl (C=O) groups is 9. The summed E-state index contributed by atoms with van der Waals surface area (Å²) in [7, 11) is 2.21. The van der Waals surface area contributed by atoms with Crippen LogP contribution in [-0.2, 0) is 16.2 Å². The van der Waals surface area contributed by atoms with Gasteiger partial charge in [-0.25, -0.2) is 19.5 Å². The molecule has 0 aromatic heterocycles. The summed E-state index contributed by atoms with van der Waals surface area (Å²) in [5, 5.41) is 34.4. The van der Waals surface area contributed by atoms with Gasteiger partial charge in [-0.2, -0.15) is 65.9 Å². The summed E-state index contributed by atoms with van der Waals surface area (Å²) in [6, 6.07) is 8.20. The molecule has 32 heteroatoms. The van der Waals surface area contributed by atoms with Crippen LogP contribution in [0.4, 0.5) is 88.6 Å². The third kappa shape index (κ3) is 8.83. The minimum atomic E-state index is -6.51. The van der Waals surface area contributed by atoms with E-state index in [-0.39, 0.29) is 68.9 Å². The summed E-state index contributed by atoms with van der Waals surface area (Å²) in [4.78, 5) is 122. The number of alkyl halides is 15. The van der Waals surface area contributed by atoms with Crippen molar-refractivity contribution in [1.29, 1.82) is 0 Å². The molecule has 7 aromatic carbocycles. The van der Waals surface area contributed by atoms with Gasteiger partial charge in [0, 0.05) is 19.8 Å². The van der Waals surface area contributed by atoms with Crippen LogP contribution in [0.2, 0.25) is 0 Å². The fourth-order valence-electron chi connectivity index (χ4n) is 12.2. The Morgan fingerprint density at radius 3 is 1.00 bits per heavy atom. The number of hydrogen-bond donors (Lipinski definition) is 4. The standard InChI is InChI=1S/C62H34F15N5O12/c1-55(58(63,64)65,26-8-14-44(83)42(22-26)81-49(88)36-12-6-30(20-40(36)52(81)91)56(59(66,67)68,60(69,70)71)28-4-10-34-38(18-28)47(86)79(3)46(34)85)27-9-15-45(84)43(23-27)82-50(89)37-13-7-31(21-41(37)53(82)92)57(61(72,73)74,62(75,76)77)29-5-11-35-39(19-29)51(90)80(48(35)87)33-17-25(54(93)94)16-32(24-33)78-2/h4-24,78,83-84H,1-3H3,(H,93,94). The van der Waals surface area contributed by atoms with Gasteiger partial charge in [0.15, 0.2) is 0 Å². The molecule has 94 heavy (non-hydrogen) atoms. The summed E-state index contributed by atoms with van der Waals surface area (Å²) < 4.78 is 234. The lowest BCUT2D eigenvalue weighted by Crippen LogP contribution is -2.55. The van der Waals surface area contributed by atoms with Crippen LogP contribution in [0.25, 0.3) is 0 Å². The molecule has 0 bridgehead atoms. The number of halogens is 15. The van der Waals surface area contributed by atoms with E-state index in [1.54, 1.807) is 0 Å². The second kappa shape index (κ2) is 20.7. The van der Waals surface area contributed by atoms with Crippen molar-refractivity contribution in [2.75, 3.05) is 34.1 Å². The normalized spacial score (nSPS) is 16.1. The Bertz CT molecular complexity index is 4600. The zero-order valence-corrected chi connectivity index (χ0v) is 47.1. The van der Waals surface area contributed by atoms with Gasteiger partial charge in [0.25, 0.3) is 47.3 Å². The number of hydrogen-bond acceptors (Lipinski definition) is 12. The molecule has 1 unspecified atom stereocenters. The Hall–Kier alpha value is -11.1. The van der Waals surface area contributed by atoms with E-state index in [1.807, 2.05) is 0 Å². The fourth-order valence-corrected chi connectivity index (χ4v) is 12.2. The van der Waals surface area contributed by atoms with E-state index in [9.17, 15) is 58.5 Å². The molecule has 7 aromatic rings. The smallest absolute Gasteiger partial charge is 0.411 e. The molecule has 1 atom stereocenters. The molecule has 8 amide bonds. The SMILES string of the molecule is CNc1cc(C(=O)O)cc(N2C(=O)c3ccc(C(c4ccc5c(c4)C(=O)N(c4cc(C(C)(c6ccc(O)c(N7C(=O)c8ccc(C(c9ccc%10c(c9)C(=O)N(C)C%10=O)(C(F)(F)F)C(F)(F)F)cc8C7=O)c6)C(F)(F)F)ccc4O)C5=O)(C(F)(F)F)C(F)(F)F)cc3C2=O)c1. The van der Waals surface area contributed by atoms with Crippen molar-refractivity contribution in [2.24, 2.45) is 0 Å². The molecule has 0 saturated heterocycles. The minimum absolute atomic E-state index is 0.00112. The van der Waals surface area contributed by atoms with Gasteiger partial charge in [-0.05, 0) is 131 Å². The predicted octanol–water partition coefficient (Wildman–Crippen LogP) is 12.2. The molecule has 484 valence electrons. The number of fused-ring (bicyclic) bond motifs is 4. The number of nitrogens with zero attached hydrogens (tertiary/aromatic N) is 4. The Labute approximate surface area is 514 Å². The summed E-state index contributed by atoms with van der Waals surface area (Å²) in [5.74, 6) is -16.2. The Morgan fingerprint density at radius 1 is 0.372 bits per heavy atom. The highest BCUT2D eigenvalue weighted by Crippen LogP contribution is 2.60. The maximum atomic E-state index is 15.9. The quantitative estimate of drug-likeness (QED) is 0.0697. The number of carbonyl (C=O) groups excluding carboxylic acids is 8. The van der Waals surface area contributed by atoms with Crippen LogP contribution in [0.5, 0.6) is 11.5 Å². The van der Waals surface area contributed by atoms with E-state index in [4.69, 9.17) is 0 Å². The van der Waals surface area contributed by atoms with Gasteiger partial charge in [0.05, 0.1) is 67.1 Å². The lowest BCUT2D eigenvalue weighted by Gasteiger charge is -2.38. The summed E-state index contributed by atoms with van der Waals surface area (Å²) in [5.41, 5.74) is -34.4. The molecule has 0 fully saturated rings. The molecule has 4 N–H and O–H groups in total. The number of phenols is 2. The van der Waals surface area contributed by atoms with Crippen LogP contribution in [0.3, 0.4) is 0 Å². The van der Waals surface area contributed by atoms with Crippen molar-refractivity contribution in [3.05, 3.63) is 211 Å². The molecule has 11 rings (SSSR count). The first kappa shape index (κ1) is 64.4.